The molecule has 0 aromatic carbocycles. The molecule has 112 valence electrons. The number of likely N-dealkylation sites (N-methyl/N-ethyl adjacent to an activating group) is 2. The molecule has 0 amide bonds. The Hall–Kier alpha value is -0.650. The number of methoxy groups -OCH3 is 1. The van der Waals surface area contributed by atoms with Gasteiger partial charge in [0.05, 0.1) is 6.61 Å². The van der Waals surface area contributed by atoms with E-state index in [9.17, 15) is 9.90 Å². The van der Waals surface area contributed by atoms with E-state index in [2.05, 4.69) is 24.2 Å². The third kappa shape index (κ3) is 3.91. The van der Waals surface area contributed by atoms with Crippen molar-refractivity contribution < 1.29 is 14.6 Å². The van der Waals surface area contributed by atoms with Crippen LogP contribution in [0.25, 0.3) is 0 Å². The van der Waals surface area contributed by atoms with Crippen molar-refractivity contribution in [3.8, 4) is 0 Å². The molecule has 5 heteroatoms. The Morgan fingerprint density at radius 2 is 2.32 bits per heavy atom. The second kappa shape index (κ2) is 7.22. The van der Waals surface area contributed by atoms with Crippen LogP contribution in [-0.2, 0) is 9.53 Å². The summed E-state index contributed by atoms with van der Waals surface area (Å²) in [5.41, 5.74) is -0.751. The molecule has 3 unspecified atom stereocenters. The van der Waals surface area contributed by atoms with Gasteiger partial charge in [0.2, 0.25) is 0 Å². The van der Waals surface area contributed by atoms with Crippen molar-refractivity contribution >= 4 is 5.97 Å². The topological polar surface area (TPSA) is 61.8 Å². The maximum absolute atomic E-state index is 11.6. The molecule has 2 N–H and O–H groups in total. The molecule has 1 saturated carbocycles. The fourth-order valence-corrected chi connectivity index (χ4v) is 3.08. The van der Waals surface area contributed by atoms with E-state index in [1.165, 1.54) is 0 Å². The highest BCUT2D eigenvalue weighted by Gasteiger charge is 2.43. The molecule has 5 nitrogen and oxygen atoms in total. The van der Waals surface area contributed by atoms with Crippen LogP contribution >= 0.6 is 0 Å². The standard InChI is InChI=1S/C14H28N2O3/c1-5-15-14(13(17)18)8-6-7-12(9-14)16(3)11(2)10-19-4/h11-12,15H,5-10H2,1-4H3,(H,17,18). The molecule has 1 rings (SSSR count). The third-order valence-corrected chi connectivity index (χ3v) is 4.33. The number of ether oxygens (including phenoxy) is 1. The van der Waals surface area contributed by atoms with Gasteiger partial charge in [-0.15, -0.1) is 0 Å². The predicted octanol–water partition coefficient (Wildman–Crippen LogP) is 1.33. The molecular weight excluding hydrogens is 244 g/mol. The van der Waals surface area contributed by atoms with Crippen LogP contribution in [0.15, 0.2) is 0 Å². The lowest BCUT2D eigenvalue weighted by Gasteiger charge is -2.43. The lowest BCUT2D eigenvalue weighted by molar-refractivity contribution is -0.147. The molecule has 1 aliphatic rings. The van der Waals surface area contributed by atoms with E-state index >= 15 is 0 Å². The summed E-state index contributed by atoms with van der Waals surface area (Å²) >= 11 is 0. The van der Waals surface area contributed by atoms with Gasteiger partial charge in [0.15, 0.2) is 0 Å². The van der Waals surface area contributed by atoms with Crippen LogP contribution in [-0.4, -0.2) is 60.9 Å². The van der Waals surface area contributed by atoms with Crippen LogP contribution in [0.3, 0.4) is 0 Å². The molecule has 0 spiro atoms. The van der Waals surface area contributed by atoms with Gasteiger partial charge in [0.25, 0.3) is 0 Å². The zero-order valence-corrected chi connectivity index (χ0v) is 12.6. The molecule has 1 fully saturated rings. The number of rotatable bonds is 7. The lowest BCUT2D eigenvalue weighted by atomic mass is 9.78. The summed E-state index contributed by atoms with van der Waals surface area (Å²) in [5, 5.41) is 12.8. The zero-order chi connectivity index (χ0) is 14.5. The van der Waals surface area contributed by atoms with Gasteiger partial charge in [0, 0.05) is 19.2 Å². The Bertz CT molecular complexity index is 294. The summed E-state index contributed by atoms with van der Waals surface area (Å²) in [4.78, 5) is 13.9. The number of carboxylic acids is 1. The fraction of sp³-hybridized carbons (Fsp3) is 0.929. The van der Waals surface area contributed by atoms with Gasteiger partial charge < -0.3 is 15.2 Å². The number of nitrogens with one attached hydrogen (secondary N) is 1. The average Bonchev–Trinajstić information content (AvgIpc) is 2.38. The third-order valence-electron chi connectivity index (χ3n) is 4.33. The van der Waals surface area contributed by atoms with E-state index in [-0.39, 0.29) is 0 Å². The van der Waals surface area contributed by atoms with Crippen molar-refractivity contribution in [1.29, 1.82) is 0 Å². The minimum atomic E-state index is -0.751. The first-order chi connectivity index (χ1) is 8.96. The summed E-state index contributed by atoms with van der Waals surface area (Å²) in [6.45, 7) is 5.45. The minimum Gasteiger partial charge on any atom is -0.480 e. The Labute approximate surface area is 116 Å². The summed E-state index contributed by atoms with van der Waals surface area (Å²) in [5.74, 6) is -0.716. The molecule has 0 aliphatic heterocycles. The van der Waals surface area contributed by atoms with Crippen molar-refractivity contribution in [2.45, 2.75) is 57.2 Å². The summed E-state index contributed by atoms with van der Waals surface area (Å²) in [7, 11) is 3.77. The maximum atomic E-state index is 11.6. The summed E-state index contributed by atoms with van der Waals surface area (Å²) in [6, 6.07) is 0.607. The molecule has 3 atom stereocenters. The Morgan fingerprint density at radius 1 is 1.63 bits per heavy atom. The highest BCUT2D eigenvalue weighted by atomic mass is 16.5. The van der Waals surface area contributed by atoms with Crippen LogP contribution < -0.4 is 5.32 Å². The SMILES string of the molecule is CCNC1(C(=O)O)CCCC(N(C)C(C)COC)C1. The van der Waals surface area contributed by atoms with Crippen molar-refractivity contribution in [2.24, 2.45) is 0 Å². The fourth-order valence-electron chi connectivity index (χ4n) is 3.08. The molecule has 0 heterocycles. The van der Waals surface area contributed by atoms with Crippen LogP contribution in [0.4, 0.5) is 0 Å². The molecule has 0 saturated heterocycles. The largest absolute Gasteiger partial charge is 0.480 e. The van der Waals surface area contributed by atoms with E-state index < -0.39 is 11.5 Å². The van der Waals surface area contributed by atoms with Crippen LogP contribution in [0, 0.1) is 0 Å². The van der Waals surface area contributed by atoms with Crippen molar-refractivity contribution in [2.75, 3.05) is 27.3 Å². The molecule has 0 aromatic heterocycles. The van der Waals surface area contributed by atoms with Gasteiger partial charge in [-0.25, -0.2) is 0 Å². The predicted molar refractivity (Wildman–Crippen MR) is 75.4 cm³/mol. The maximum Gasteiger partial charge on any atom is 0.323 e. The van der Waals surface area contributed by atoms with Gasteiger partial charge in [0.1, 0.15) is 5.54 Å². The Kier molecular flexibility index (Phi) is 6.23. The Balaban J connectivity index is 2.74. The first kappa shape index (κ1) is 16.4. The van der Waals surface area contributed by atoms with E-state index in [1.807, 2.05) is 6.92 Å². The van der Waals surface area contributed by atoms with Crippen molar-refractivity contribution in [1.82, 2.24) is 10.2 Å². The number of hydrogen-bond acceptors (Lipinski definition) is 4. The van der Waals surface area contributed by atoms with E-state index in [1.54, 1.807) is 7.11 Å². The van der Waals surface area contributed by atoms with Crippen LogP contribution in [0.2, 0.25) is 0 Å². The summed E-state index contributed by atoms with van der Waals surface area (Å²) < 4.78 is 5.19. The molecular formula is C14H28N2O3. The van der Waals surface area contributed by atoms with Gasteiger partial charge in [-0.2, -0.15) is 0 Å². The van der Waals surface area contributed by atoms with Gasteiger partial charge in [-0.1, -0.05) is 6.92 Å². The molecule has 19 heavy (non-hydrogen) atoms. The normalized spacial score (nSPS) is 29.4. The average molecular weight is 272 g/mol. The van der Waals surface area contributed by atoms with E-state index in [0.717, 1.165) is 19.3 Å². The van der Waals surface area contributed by atoms with Crippen molar-refractivity contribution in [3.63, 3.8) is 0 Å². The van der Waals surface area contributed by atoms with E-state index in [4.69, 9.17) is 4.74 Å². The number of nitrogens with zero attached hydrogens (tertiary/aromatic N) is 1. The first-order valence-corrected chi connectivity index (χ1v) is 7.16. The number of carbonyl (C=O) groups is 1. The van der Waals surface area contributed by atoms with Crippen LogP contribution in [0.5, 0.6) is 0 Å². The summed E-state index contributed by atoms with van der Waals surface area (Å²) in [6.07, 6.45) is 3.40. The van der Waals surface area contributed by atoms with Crippen molar-refractivity contribution in [3.05, 3.63) is 0 Å². The quantitative estimate of drug-likeness (QED) is 0.732. The number of aliphatic carboxylic acids is 1. The van der Waals surface area contributed by atoms with E-state index in [0.29, 0.717) is 31.7 Å². The monoisotopic (exact) mass is 272 g/mol. The minimum absolute atomic E-state index is 0.300. The highest BCUT2D eigenvalue weighted by molar-refractivity contribution is 5.79. The smallest absolute Gasteiger partial charge is 0.323 e. The molecule has 0 bridgehead atoms. The Morgan fingerprint density at radius 3 is 2.84 bits per heavy atom. The number of hydrogen-bond donors (Lipinski definition) is 2. The van der Waals surface area contributed by atoms with Gasteiger partial charge >= 0.3 is 5.97 Å². The second-order valence-electron chi connectivity index (χ2n) is 5.64. The lowest BCUT2D eigenvalue weighted by Crippen LogP contribution is -2.58. The number of carboxylic acid groups (broad SMARTS) is 1. The highest BCUT2D eigenvalue weighted by Crippen LogP contribution is 2.32. The van der Waals surface area contributed by atoms with Gasteiger partial charge in [-0.05, 0) is 46.2 Å². The molecule has 0 radical (unpaired) electrons. The first-order valence-electron chi connectivity index (χ1n) is 7.16. The van der Waals surface area contributed by atoms with Crippen LogP contribution in [0.1, 0.15) is 39.5 Å². The van der Waals surface area contributed by atoms with Gasteiger partial charge in [-0.3, -0.25) is 9.69 Å². The second-order valence-corrected chi connectivity index (χ2v) is 5.64. The molecule has 0 aromatic rings. The molecule has 1 aliphatic carbocycles. The zero-order valence-electron chi connectivity index (χ0n) is 12.6.